The zero-order valence-electron chi connectivity index (χ0n) is 15.0. The van der Waals surface area contributed by atoms with E-state index in [4.69, 9.17) is 33.7 Å². The Morgan fingerprint density at radius 3 is 2.57 bits per heavy atom. The minimum atomic E-state index is -0.400. The van der Waals surface area contributed by atoms with Crippen molar-refractivity contribution in [2.24, 2.45) is 5.73 Å². The first-order valence-electron chi connectivity index (χ1n) is 8.73. The summed E-state index contributed by atoms with van der Waals surface area (Å²) in [6.07, 6.45) is 0.933. The van der Waals surface area contributed by atoms with E-state index in [0.29, 0.717) is 27.2 Å². The number of nitrogens with two attached hydrogens (primary N) is 1. The fraction of sp³-hybridized carbons (Fsp3) is 0.143. The van der Waals surface area contributed by atoms with Crippen molar-refractivity contribution in [2.75, 3.05) is 0 Å². The first-order valence-corrected chi connectivity index (χ1v) is 9.49. The molecule has 0 amide bonds. The Morgan fingerprint density at radius 1 is 1.18 bits per heavy atom. The highest BCUT2D eigenvalue weighted by Crippen LogP contribution is 2.46. The van der Waals surface area contributed by atoms with E-state index < -0.39 is 5.92 Å². The summed E-state index contributed by atoms with van der Waals surface area (Å²) in [7, 11) is 0. The minimum absolute atomic E-state index is 0.0618. The fourth-order valence-electron chi connectivity index (χ4n) is 3.40. The Morgan fingerprint density at radius 2 is 1.93 bits per heavy atom. The van der Waals surface area contributed by atoms with E-state index in [1.807, 2.05) is 18.2 Å². The molecule has 1 atom stereocenters. The van der Waals surface area contributed by atoms with E-state index >= 15 is 0 Å². The maximum absolute atomic E-state index is 9.76. The molecular weight excluding hydrogens is 395 g/mol. The van der Waals surface area contributed by atoms with Gasteiger partial charge in [0.25, 0.3) is 0 Å². The van der Waals surface area contributed by atoms with Crippen LogP contribution in [0.5, 0.6) is 5.88 Å². The van der Waals surface area contributed by atoms with Crippen molar-refractivity contribution in [2.45, 2.75) is 19.3 Å². The molecule has 0 unspecified atom stereocenters. The number of H-pyrrole nitrogens is 1. The van der Waals surface area contributed by atoms with Crippen molar-refractivity contribution in [1.82, 2.24) is 10.2 Å². The van der Waals surface area contributed by atoms with Gasteiger partial charge in [-0.15, -0.1) is 5.10 Å². The summed E-state index contributed by atoms with van der Waals surface area (Å²) in [5.74, 6) is 0.0109. The molecule has 2 aromatic carbocycles. The van der Waals surface area contributed by atoms with E-state index in [1.165, 1.54) is 5.56 Å². The number of nitrogens with one attached hydrogen (secondary N) is 1. The van der Waals surface area contributed by atoms with Gasteiger partial charge in [-0.3, -0.25) is 5.10 Å². The van der Waals surface area contributed by atoms with E-state index in [1.54, 1.807) is 12.1 Å². The number of hydrogen-bond donors (Lipinski definition) is 2. The van der Waals surface area contributed by atoms with Crippen LogP contribution in [0.2, 0.25) is 10.0 Å². The summed E-state index contributed by atoms with van der Waals surface area (Å²) in [4.78, 5) is 0. The zero-order chi connectivity index (χ0) is 19.8. The average molecular weight is 411 g/mol. The van der Waals surface area contributed by atoms with Crippen LogP contribution in [-0.2, 0) is 6.42 Å². The molecule has 2 heterocycles. The second-order valence-corrected chi connectivity index (χ2v) is 7.28. The number of halogens is 2. The number of nitrogens with zero attached hydrogens (tertiary/aromatic N) is 2. The highest BCUT2D eigenvalue weighted by molar-refractivity contribution is 6.42. The molecule has 0 fully saturated rings. The number of ether oxygens (including phenoxy) is 1. The summed E-state index contributed by atoms with van der Waals surface area (Å²) in [6, 6.07) is 15.6. The molecule has 3 N–H and O–H groups in total. The van der Waals surface area contributed by atoms with Crippen LogP contribution >= 0.6 is 23.2 Å². The van der Waals surface area contributed by atoms with Crippen LogP contribution in [0.1, 0.15) is 29.5 Å². The van der Waals surface area contributed by atoms with Gasteiger partial charge in [0.2, 0.25) is 11.8 Å². The Kier molecular flexibility index (Phi) is 4.76. The molecular formula is C21H16Cl2N4O. The number of fused-ring (bicyclic) bond motifs is 1. The number of nitriles is 1. The fourth-order valence-corrected chi connectivity index (χ4v) is 3.69. The number of allylic oxidation sites excluding steroid dienone is 1. The van der Waals surface area contributed by atoms with Gasteiger partial charge in [-0.2, -0.15) is 5.26 Å². The third-order valence-corrected chi connectivity index (χ3v) is 5.61. The minimum Gasteiger partial charge on any atom is -0.420 e. The van der Waals surface area contributed by atoms with Gasteiger partial charge < -0.3 is 10.5 Å². The zero-order valence-corrected chi connectivity index (χ0v) is 16.5. The lowest BCUT2D eigenvalue weighted by Gasteiger charge is -2.24. The maximum Gasteiger partial charge on any atom is 0.244 e. The van der Waals surface area contributed by atoms with Crippen molar-refractivity contribution in [3.05, 3.63) is 80.7 Å². The molecule has 5 nitrogen and oxygen atoms in total. The molecule has 0 spiro atoms. The van der Waals surface area contributed by atoms with E-state index in [2.05, 4.69) is 35.3 Å². The molecule has 28 heavy (non-hydrogen) atoms. The first kappa shape index (κ1) is 18.4. The van der Waals surface area contributed by atoms with Gasteiger partial charge in [-0.1, -0.05) is 60.5 Å². The van der Waals surface area contributed by atoms with Gasteiger partial charge in [0, 0.05) is 5.56 Å². The molecule has 3 aromatic rings. The number of aromatic nitrogens is 2. The molecule has 4 rings (SSSR count). The second-order valence-electron chi connectivity index (χ2n) is 6.47. The van der Waals surface area contributed by atoms with Crippen LogP contribution in [0.25, 0.3) is 11.3 Å². The molecule has 1 aliphatic rings. The number of aryl methyl sites for hydroxylation is 1. The second kappa shape index (κ2) is 7.23. The smallest absolute Gasteiger partial charge is 0.244 e. The van der Waals surface area contributed by atoms with Gasteiger partial charge in [-0.05, 0) is 29.7 Å². The highest BCUT2D eigenvalue weighted by Gasteiger charge is 2.35. The molecule has 0 aliphatic carbocycles. The Hall–Kier alpha value is -2.94. The van der Waals surface area contributed by atoms with Gasteiger partial charge in [-0.25, -0.2) is 0 Å². The normalized spacial score (nSPS) is 15.7. The predicted octanol–water partition coefficient (Wildman–Crippen LogP) is 5.16. The van der Waals surface area contributed by atoms with Crippen LogP contribution in [0.3, 0.4) is 0 Å². The maximum atomic E-state index is 9.76. The topological polar surface area (TPSA) is 87.7 Å². The largest absolute Gasteiger partial charge is 0.420 e. The van der Waals surface area contributed by atoms with Crippen LogP contribution < -0.4 is 10.5 Å². The van der Waals surface area contributed by atoms with Gasteiger partial charge in [0.05, 0.1) is 27.2 Å². The quantitative estimate of drug-likeness (QED) is 0.623. The van der Waals surface area contributed by atoms with Crippen molar-refractivity contribution in [1.29, 1.82) is 5.26 Å². The molecule has 0 radical (unpaired) electrons. The SMILES string of the molecule is CCc1ccc([C@@H]2C(C#N)=C(N)Oc3n[nH]c(-c4ccc(Cl)c(Cl)c4)c32)cc1. The van der Waals surface area contributed by atoms with Gasteiger partial charge >= 0.3 is 0 Å². The number of hydrogen-bond acceptors (Lipinski definition) is 4. The first-order chi connectivity index (χ1) is 13.5. The summed E-state index contributed by atoms with van der Waals surface area (Å²) in [5.41, 5.74) is 10.8. The standard InChI is InChI=1S/C21H16Cl2N4O/c1-2-11-3-5-12(6-4-11)17-14(10-24)20(25)28-21-18(17)19(26-27-21)13-7-8-15(22)16(23)9-13/h3-9,17H,2,25H2,1H3,(H,26,27)/t17-/m1/s1. The molecule has 140 valence electrons. The van der Waals surface area contributed by atoms with Crippen molar-refractivity contribution in [3.63, 3.8) is 0 Å². The van der Waals surface area contributed by atoms with Crippen LogP contribution in [0.4, 0.5) is 0 Å². The molecule has 1 aromatic heterocycles. The van der Waals surface area contributed by atoms with Crippen molar-refractivity contribution in [3.8, 4) is 23.2 Å². The third kappa shape index (κ3) is 3.01. The Bertz CT molecular complexity index is 1130. The van der Waals surface area contributed by atoms with E-state index in [0.717, 1.165) is 23.1 Å². The van der Waals surface area contributed by atoms with E-state index in [9.17, 15) is 5.26 Å². The monoisotopic (exact) mass is 410 g/mol. The number of aromatic amines is 1. The van der Waals surface area contributed by atoms with Gasteiger partial charge in [0.1, 0.15) is 11.6 Å². The van der Waals surface area contributed by atoms with E-state index in [-0.39, 0.29) is 5.88 Å². The lowest BCUT2D eigenvalue weighted by molar-refractivity contribution is 0.379. The van der Waals surface area contributed by atoms with Crippen molar-refractivity contribution < 1.29 is 4.74 Å². The molecule has 0 saturated heterocycles. The average Bonchev–Trinajstić information content (AvgIpc) is 3.12. The molecule has 0 bridgehead atoms. The molecule has 1 aliphatic heterocycles. The van der Waals surface area contributed by atoms with Crippen molar-refractivity contribution >= 4 is 23.2 Å². The summed E-state index contributed by atoms with van der Waals surface area (Å²) >= 11 is 12.3. The molecule has 0 saturated carbocycles. The number of benzene rings is 2. The predicted molar refractivity (Wildman–Crippen MR) is 109 cm³/mol. The molecule has 7 heteroatoms. The summed E-state index contributed by atoms with van der Waals surface area (Å²) in [6.45, 7) is 2.10. The van der Waals surface area contributed by atoms with Crippen LogP contribution in [-0.4, -0.2) is 10.2 Å². The third-order valence-electron chi connectivity index (χ3n) is 4.87. The summed E-state index contributed by atoms with van der Waals surface area (Å²) < 4.78 is 5.62. The van der Waals surface area contributed by atoms with Gasteiger partial charge in [0.15, 0.2) is 0 Å². The van der Waals surface area contributed by atoms with Crippen LogP contribution in [0, 0.1) is 11.3 Å². The number of rotatable bonds is 3. The lowest BCUT2D eigenvalue weighted by atomic mass is 9.82. The lowest BCUT2D eigenvalue weighted by Crippen LogP contribution is -2.21. The van der Waals surface area contributed by atoms with Crippen LogP contribution in [0.15, 0.2) is 53.9 Å². The Labute approximate surface area is 172 Å². The highest BCUT2D eigenvalue weighted by atomic mass is 35.5. The Balaban J connectivity index is 1.92. The summed E-state index contributed by atoms with van der Waals surface area (Å²) in [5, 5.41) is 17.9.